The summed E-state index contributed by atoms with van der Waals surface area (Å²) in [6.07, 6.45) is 1.73. The van der Waals surface area contributed by atoms with Crippen molar-refractivity contribution in [2.75, 3.05) is 31.2 Å². The summed E-state index contributed by atoms with van der Waals surface area (Å²) in [4.78, 5) is 2.31. The second-order valence-electron chi connectivity index (χ2n) is 5.75. The van der Waals surface area contributed by atoms with Crippen LogP contribution in [0.4, 0.5) is 10.1 Å². The van der Waals surface area contributed by atoms with Gasteiger partial charge in [-0.1, -0.05) is 12.1 Å². The predicted molar refractivity (Wildman–Crippen MR) is 92.0 cm³/mol. The molecule has 5 heteroatoms. The maximum atomic E-state index is 13.5. The van der Waals surface area contributed by atoms with E-state index in [9.17, 15) is 4.39 Å². The largest absolute Gasteiger partial charge is 0.378 e. The first-order valence-electron chi connectivity index (χ1n) is 8.04. The smallest absolute Gasteiger partial charge is 0.123 e. The Hall–Kier alpha value is -2.66. The second kappa shape index (κ2) is 6.45. The molecule has 0 saturated carbocycles. The van der Waals surface area contributed by atoms with Crippen LogP contribution in [0.25, 0.3) is 16.9 Å². The molecular weight excluding hydrogens is 305 g/mol. The fraction of sp³-hybridized carbons (Fsp3) is 0.211. The lowest BCUT2D eigenvalue weighted by molar-refractivity contribution is 0.122. The Morgan fingerprint density at radius 3 is 2.42 bits per heavy atom. The van der Waals surface area contributed by atoms with Crippen molar-refractivity contribution in [3.63, 3.8) is 0 Å². The Balaban J connectivity index is 1.64. The summed E-state index contributed by atoms with van der Waals surface area (Å²) < 4.78 is 20.7. The fourth-order valence-electron chi connectivity index (χ4n) is 3.00. The number of anilines is 1. The van der Waals surface area contributed by atoms with Crippen molar-refractivity contribution in [3.05, 3.63) is 66.6 Å². The van der Waals surface area contributed by atoms with E-state index in [1.807, 2.05) is 28.9 Å². The molecule has 0 bridgehead atoms. The molecule has 0 aliphatic carbocycles. The average molecular weight is 323 g/mol. The molecule has 0 radical (unpaired) electrons. The van der Waals surface area contributed by atoms with Crippen molar-refractivity contribution in [1.82, 2.24) is 9.78 Å². The minimum Gasteiger partial charge on any atom is -0.378 e. The van der Waals surface area contributed by atoms with Crippen LogP contribution in [0.3, 0.4) is 0 Å². The molecule has 4 rings (SSSR count). The summed E-state index contributed by atoms with van der Waals surface area (Å²) in [6.45, 7) is 3.36. The molecule has 1 fully saturated rings. The number of aromatic nitrogens is 2. The van der Waals surface area contributed by atoms with Crippen molar-refractivity contribution in [2.24, 2.45) is 0 Å². The minimum atomic E-state index is -0.247. The predicted octanol–water partition coefficient (Wildman–Crippen LogP) is 3.52. The highest BCUT2D eigenvalue weighted by Gasteiger charge is 2.12. The molecule has 122 valence electrons. The number of hydrogen-bond acceptors (Lipinski definition) is 3. The second-order valence-corrected chi connectivity index (χ2v) is 5.75. The quantitative estimate of drug-likeness (QED) is 0.739. The lowest BCUT2D eigenvalue weighted by atomic mass is 10.1. The molecule has 0 unspecified atom stereocenters. The molecule has 4 nitrogen and oxygen atoms in total. The Morgan fingerprint density at radius 1 is 0.917 bits per heavy atom. The standard InChI is InChI=1S/C19H18FN3O/c20-16-3-1-2-15(14-16)19-8-9-21-23(19)18-6-4-17(5-7-18)22-10-12-24-13-11-22/h1-9,14H,10-13H2. The van der Waals surface area contributed by atoms with E-state index in [1.165, 1.54) is 17.8 Å². The number of morpholine rings is 1. The van der Waals surface area contributed by atoms with Gasteiger partial charge in [0.15, 0.2) is 0 Å². The summed E-state index contributed by atoms with van der Waals surface area (Å²) in [5.41, 5.74) is 3.82. The van der Waals surface area contributed by atoms with E-state index in [1.54, 1.807) is 12.3 Å². The first-order valence-corrected chi connectivity index (χ1v) is 8.04. The monoisotopic (exact) mass is 323 g/mol. The van der Waals surface area contributed by atoms with E-state index >= 15 is 0 Å². The highest BCUT2D eigenvalue weighted by Crippen LogP contribution is 2.24. The Bertz CT molecular complexity index is 823. The van der Waals surface area contributed by atoms with Crippen LogP contribution in [-0.2, 0) is 4.74 Å². The Labute approximate surface area is 140 Å². The molecule has 2 aromatic carbocycles. The van der Waals surface area contributed by atoms with Gasteiger partial charge in [-0.3, -0.25) is 0 Å². The maximum Gasteiger partial charge on any atom is 0.123 e. The molecule has 1 aromatic heterocycles. The van der Waals surface area contributed by atoms with Gasteiger partial charge in [0, 0.05) is 24.3 Å². The summed E-state index contributed by atoms with van der Waals surface area (Å²) in [5, 5.41) is 4.40. The maximum absolute atomic E-state index is 13.5. The Morgan fingerprint density at radius 2 is 1.67 bits per heavy atom. The molecule has 3 aromatic rings. The van der Waals surface area contributed by atoms with Crippen LogP contribution in [0, 0.1) is 5.82 Å². The summed E-state index contributed by atoms with van der Waals surface area (Å²) in [5.74, 6) is -0.247. The van der Waals surface area contributed by atoms with Crippen LogP contribution in [0.5, 0.6) is 0 Å². The normalized spacial score (nSPS) is 14.8. The molecular formula is C19H18FN3O. The number of hydrogen-bond donors (Lipinski definition) is 0. The third kappa shape index (κ3) is 2.90. The van der Waals surface area contributed by atoms with Gasteiger partial charge < -0.3 is 9.64 Å². The van der Waals surface area contributed by atoms with Crippen molar-refractivity contribution >= 4 is 5.69 Å². The zero-order valence-electron chi connectivity index (χ0n) is 13.2. The van der Waals surface area contributed by atoms with E-state index in [4.69, 9.17) is 4.74 Å². The molecule has 0 N–H and O–H groups in total. The van der Waals surface area contributed by atoms with Crippen LogP contribution in [0.1, 0.15) is 0 Å². The van der Waals surface area contributed by atoms with Gasteiger partial charge in [-0.25, -0.2) is 9.07 Å². The molecule has 1 aliphatic heterocycles. The van der Waals surface area contributed by atoms with Gasteiger partial charge in [0.25, 0.3) is 0 Å². The first-order chi connectivity index (χ1) is 11.8. The van der Waals surface area contributed by atoms with Gasteiger partial charge in [0.2, 0.25) is 0 Å². The van der Waals surface area contributed by atoms with Crippen molar-refractivity contribution in [2.45, 2.75) is 0 Å². The van der Waals surface area contributed by atoms with Crippen LogP contribution < -0.4 is 4.90 Å². The van der Waals surface area contributed by atoms with Crippen molar-refractivity contribution in [3.8, 4) is 16.9 Å². The zero-order valence-corrected chi connectivity index (χ0v) is 13.2. The summed E-state index contributed by atoms with van der Waals surface area (Å²) >= 11 is 0. The van der Waals surface area contributed by atoms with Crippen LogP contribution >= 0.6 is 0 Å². The first kappa shape index (κ1) is 14.9. The molecule has 0 spiro atoms. The summed E-state index contributed by atoms with van der Waals surface area (Å²) in [7, 11) is 0. The van der Waals surface area contributed by atoms with E-state index in [2.05, 4.69) is 22.1 Å². The number of rotatable bonds is 3. The van der Waals surface area contributed by atoms with E-state index < -0.39 is 0 Å². The minimum absolute atomic E-state index is 0.247. The lowest BCUT2D eigenvalue weighted by Crippen LogP contribution is -2.36. The number of halogens is 1. The van der Waals surface area contributed by atoms with Crippen molar-refractivity contribution < 1.29 is 9.13 Å². The van der Waals surface area contributed by atoms with Crippen LogP contribution in [0.2, 0.25) is 0 Å². The zero-order chi connectivity index (χ0) is 16.4. The molecule has 0 atom stereocenters. The average Bonchev–Trinajstić information content (AvgIpc) is 3.12. The van der Waals surface area contributed by atoms with Crippen LogP contribution in [-0.4, -0.2) is 36.1 Å². The molecule has 0 amide bonds. The van der Waals surface area contributed by atoms with E-state index in [-0.39, 0.29) is 5.82 Å². The van der Waals surface area contributed by atoms with Gasteiger partial charge >= 0.3 is 0 Å². The number of nitrogens with zero attached hydrogens (tertiary/aromatic N) is 3. The molecule has 2 heterocycles. The van der Waals surface area contributed by atoms with Crippen molar-refractivity contribution in [1.29, 1.82) is 0 Å². The Kier molecular flexibility index (Phi) is 4.01. The highest BCUT2D eigenvalue weighted by atomic mass is 19.1. The number of ether oxygens (including phenoxy) is 1. The van der Waals surface area contributed by atoms with Gasteiger partial charge in [-0.05, 0) is 42.5 Å². The molecule has 1 aliphatic rings. The van der Waals surface area contributed by atoms with Gasteiger partial charge in [0.1, 0.15) is 5.82 Å². The topological polar surface area (TPSA) is 30.3 Å². The van der Waals surface area contributed by atoms with Crippen LogP contribution in [0.15, 0.2) is 60.8 Å². The highest BCUT2D eigenvalue weighted by molar-refractivity contribution is 5.62. The third-order valence-corrected chi connectivity index (χ3v) is 4.23. The summed E-state index contributed by atoms with van der Waals surface area (Å²) in [6, 6.07) is 16.7. The molecule has 1 saturated heterocycles. The number of benzene rings is 2. The van der Waals surface area contributed by atoms with Gasteiger partial charge in [0.05, 0.1) is 30.8 Å². The SMILES string of the molecule is Fc1cccc(-c2ccnn2-c2ccc(N3CCOCC3)cc2)c1. The fourth-order valence-corrected chi connectivity index (χ4v) is 3.00. The lowest BCUT2D eigenvalue weighted by Gasteiger charge is -2.28. The van der Waals surface area contributed by atoms with E-state index in [0.717, 1.165) is 43.2 Å². The van der Waals surface area contributed by atoms with E-state index in [0.29, 0.717) is 0 Å². The van der Waals surface area contributed by atoms with Gasteiger partial charge in [-0.15, -0.1) is 0 Å². The van der Waals surface area contributed by atoms with Gasteiger partial charge in [-0.2, -0.15) is 5.10 Å². The molecule has 24 heavy (non-hydrogen) atoms. The third-order valence-electron chi connectivity index (χ3n) is 4.23.